The second kappa shape index (κ2) is 4.68. The summed E-state index contributed by atoms with van der Waals surface area (Å²) in [5.41, 5.74) is 1.26. The van der Waals surface area contributed by atoms with Gasteiger partial charge in [0.25, 0.3) is 0 Å². The van der Waals surface area contributed by atoms with Crippen LogP contribution in [0.1, 0.15) is 5.56 Å². The monoisotopic (exact) mass is 212 g/mol. The molecule has 1 fully saturated rings. The minimum atomic E-state index is -1.52. The molecule has 2 rings (SSSR count). The van der Waals surface area contributed by atoms with Crippen molar-refractivity contribution in [1.29, 1.82) is 0 Å². The first-order chi connectivity index (χ1) is 6.84. The summed E-state index contributed by atoms with van der Waals surface area (Å²) in [6.45, 7) is 1.03. The van der Waals surface area contributed by atoms with E-state index in [4.69, 9.17) is 8.37 Å². The molecule has 0 spiro atoms. The molecule has 1 saturated heterocycles. The third-order valence-corrected chi connectivity index (χ3v) is 2.82. The fourth-order valence-electron chi connectivity index (χ4n) is 1.45. The second-order valence-electron chi connectivity index (χ2n) is 3.33. The Bertz CT molecular complexity index is 302. The minimum absolute atomic E-state index is 0.315. The molecule has 0 saturated carbocycles. The van der Waals surface area contributed by atoms with Crippen LogP contribution >= 0.6 is 0 Å². The van der Waals surface area contributed by atoms with Crippen molar-refractivity contribution in [2.24, 2.45) is 5.92 Å². The van der Waals surface area contributed by atoms with Crippen molar-refractivity contribution in [2.75, 3.05) is 13.2 Å². The summed E-state index contributed by atoms with van der Waals surface area (Å²) in [4.78, 5) is 0. The van der Waals surface area contributed by atoms with Crippen LogP contribution in [0.2, 0.25) is 0 Å². The molecule has 76 valence electrons. The molecular formula is C10H12O3S. The van der Waals surface area contributed by atoms with Crippen LogP contribution < -0.4 is 0 Å². The van der Waals surface area contributed by atoms with Crippen LogP contribution in [0.3, 0.4) is 0 Å². The van der Waals surface area contributed by atoms with Crippen molar-refractivity contribution in [3.05, 3.63) is 35.9 Å². The van der Waals surface area contributed by atoms with Gasteiger partial charge in [-0.3, -0.25) is 8.37 Å². The van der Waals surface area contributed by atoms with E-state index in [0.29, 0.717) is 19.1 Å². The van der Waals surface area contributed by atoms with Gasteiger partial charge in [0, 0.05) is 5.92 Å². The van der Waals surface area contributed by atoms with Crippen LogP contribution in [-0.2, 0) is 26.1 Å². The van der Waals surface area contributed by atoms with Gasteiger partial charge in [-0.25, -0.2) is 0 Å². The van der Waals surface area contributed by atoms with Gasteiger partial charge >= 0.3 is 11.4 Å². The minimum Gasteiger partial charge on any atom is -0.268 e. The highest BCUT2D eigenvalue weighted by Crippen LogP contribution is 2.14. The lowest BCUT2D eigenvalue weighted by Crippen LogP contribution is -2.26. The maximum Gasteiger partial charge on any atom is 0.304 e. The van der Waals surface area contributed by atoms with E-state index in [0.717, 1.165) is 6.42 Å². The van der Waals surface area contributed by atoms with Crippen LogP contribution in [0.4, 0.5) is 0 Å². The molecule has 14 heavy (non-hydrogen) atoms. The highest BCUT2D eigenvalue weighted by atomic mass is 32.2. The lowest BCUT2D eigenvalue weighted by Gasteiger charge is -2.20. The Morgan fingerprint density at radius 2 is 1.86 bits per heavy atom. The number of rotatable bonds is 2. The molecule has 1 aliphatic rings. The highest BCUT2D eigenvalue weighted by molar-refractivity contribution is 7.75. The average molecular weight is 212 g/mol. The van der Waals surface area contributed by atoms with Gasteiger partial charge in [0.05, 0.1) is 13.2 Å². The largest absolute Gasteiger partial charge is 0.304 e. The van der Waals surface area contributed by atoms with Crippen molar-refractivity contribution in [3.8, 4) is 0 Å². The summed E-state index contributed by atoms with van der Waals surface area (Å²) in [6, 6.07) is 10.2. The predicted molar refractivity (Wildman–Crippen MR) is 53.7 cm³/mol. The molecule has 1 aromatic carbocycles. The van der Waals surface area contributed by atoms with Crippen LogP contribution in [0, 0.1) is 5.92 Å². The van der Waals surface area contributed by atoms with Gasteiger partial charge in [0.1, 0.15) is 0 Å². The Kier molecular flexibility index (Phi) is 3.29. The molecule has 1 aliphatic heterocycles. The van der Waals surface area contributed by atoms with Crippen molar-refractivity contribution >= 4 is 11.4 Å². The van der Waals surface area contributed by atoms with E-state index in [1.807, 2.05) is 18.2 Å². The summed E-state index contributed by atoms with van der Waals surface area (Å²) >= 11 is -1.52. The number of hydrogen-bond donors (Lipinski definition) is 0. The molecule has 0 radical (unpaired) electrons. The Morgan fingerprint density at radius 1 is 1.21 bits per heavy atom. The molecule has 3 nitrogen and oxygen atoms in total. The van der Waals surface area contributed by atoms with E-state index in [2.05, 4.69) is 12.1 Å². The van der Waals surface area contributed by atoms with E-state index >= 15 is 0 Å². The van der Waals surface area contributed by atoms with Crippen LogP contribution in [0.15, 0.2) is 30.3 Å². The fourth-order valence-corrected chi connectivity index (χ4v) is 2.13. The van der Waals surface area contributed by atoms with Gasteiger partial charge < -0.3 is 0 Å². The molecule has 0 atom stereocenters. The van der Waals surface area contributed by atoms with Crippen molar-refractivity contribution in [3.63, 3.8) is 0 Å². The third-order valence-electron chi connectivity index (χ3n) is 2.17. The first-order valence-electron chi connectivity index (χ1n) is 4.57. The van der Waals surface area contributed by atoms with Gasteiger partial charge in [-0.2, -0.15) is 4.21 Å². The fraction of sp³-hybridized carbons (Fsp3) is 0.400. The standard InChI is InChI=1S/C10H12O3S/c11-14-12-7-10(8-13-14)6-9-4-2-1-3-5-9/h1-5,10H,6-8H2. The SMILES string of the molecule is O=S1OCC(Cc2ccccc2)CO1. The summed E-state index contributed by atoms with van der Waals surface area (Å²) in [5.74, 6) is 0.315. The molecule has 0 N–H and O–H groups in total. The number of benzene rings is 1. The van der Waals surface area contributed by atoms with Gasteiger partial charge in [0.15, 0.2) is 0 Å². The maximum atomic E-state index is 10.7. The molecule has 0 unspecified atom stereocenters. The quantitative estimate of drug-likeness (QED) is 0.744. The molecule has 0 bridgehead atoms. The lowest BCUT2D eigenvalue weighted by molar-refractivity contribution is 0.124. The highest BCUT2D eigenvalue weighted by Gasteiger charge is 2.19. The summed E-state index contributed by atoms with van der Waals surface area (Å²) in [6.07, 6.45) is 0.915. The van der Waals surface area contributed by atoms with E-state index < -0.39 is 11.4 Å². The van der Waals surface area contributed by atoms with E-state index in [1.54, 1.807) is 0 Å². The lowest BCUT2D eigenvalue weighted by atomic mass is 10.0. The molecule has 1 aromatic rings. The molecule has 4 heteroatoms. The Labute approximate surface area is 85.9 Å². The molecule has 1 heterocycles. The normalized spacial score (nSPS) is 27.4. The van der Waals surface area contributed by atoms with Crippen molar-refractivity contribution in [1.82, 2.24) is 0 Å². The first kappa shape index (κ1) is 9.83. The second-order valence-corrected chi connectivity index (χ2v) is 4.21. The van der Waals surface area contributed by atoms with E-state index in [9.17, 15) is 4.21 Å². The first-order valence-corrected chi connectivity index (χ1v) is 5.57. The Hall–Kier alpha value is -0.710. The summed E-state index contributed by atoms with van der Waals surface area (Å²) in [7, 11) is 0. The van der Waals surface area contributed by atoms with Gasteiger partial charge in [0.2, 0.25) is 0 Å². The van der Waals surface area contributed by atoms with Crippen LogP contribution in [0.5, 0.6) is 0 Å². The van der Waals surface area contributed by atoms with Gasteiger partial charge in [-0.15, -0.1) is 0 Å². The van der Waals surface area contributed by atoms with E-state index in [-0.39, 0.29) is 0 Å². The number of hydrogen-bond acceptors (Lipinski definition) is 3. The van der Waals surface area contributed by atoms with Crippen molar-refractivity contribution < 1.29 is 12.6 Å². The third kappa shape index (κ3) is 2.64. The van der Waals surface area contributed by atoms with Gasteiger partial charge in [-0.1, -0.05) is 30.3 Å². The van der Waals surface area contributed by atoms with Crippen LogP contribution in [-0.4, -0.2) is 17.4 Å². The zero-order valence-corrected chi connectivity index (χ0v) is 8.53. The van der Waals surface area contributed by atoms with Gasteiger partial charge in [-0.05, 0) is 12.0 Å². The van der Waals surface area contributed by atoms with E-state index in [1.165, 1.54) is 5.56 Å². The Morgan fingerprint density at radius 3 is 2.50 bits per heavy atom. The molecular weight excluding hydrogens is 200 g/mol. The van der Waals surface area contributed by atoms with Crippen LogP contribution in [0.25, 0.3) is 0 Å². The summed E-state index contributed by atoms with van der Waals surface area (Å²) < 4.78 is 20.6. The summed E-state index contributed by atoms with van der Waals surface area (Å²) in [5, 5.41) is 0. The molecule has 0 aliphatic carbocycles. The topological polar surface area (TPSA) is 35.5 Å². The average Bonchev–Trinajstić information content (AvgIpc) is 2.23. The molecule has 0 amide bonds. The maximum absolute atomic E-state index is 10.7. The zero-order chi connectivity index (χ0) is 9.80. The Balaban J connectivity index is 1.89. The predicted octanol–water partition coefficient (Wildman–Crippen LogP) is 1.47. The smallest absolute Gasteiger partial charge is 0.268 e. The zero-order valence-electron chi connectivity index (χ0n) is 7.72. The molecule has 0 aromatic heterocycles. The van der Waals surface area contributed by atoms with Crippen molar-refractivity contribution in [2.45, 2.75) is 6.42 Å².